The summed E-state index contributed by atoms with van der Waals surface area (Å²) in [5, 5.41) is 15.1. The second-order valence-electron chi connectivity index (χ2n) is 3.37. The Morgan fingerprint density at radius 2 is 2.24 bits per heavy atom. The molecule has 0 saturated carbocycles. The van der Waals surface area contributed by atoms with Crippen molar-refractivity contribution in [3.05, 3.63) is 40.7 Å². The summed E-state index contributed by atoms with van der Waals surface area (Å²) in [7, 11) is 0. The highest BCUT2D eigenvalue weighted by molar-refractivity contribution is 5.99. The summed E-state index contributed by atoms with van der Waals surface area (Å²) in [6.07, 6.45) is 8.27. The molecule has 0 aliphatic carbocycles. The molecule has 1 heterocycles. The number of rotatable bonds is 3. The Bertz CT molecular complexity index is 617. The number of non-ortho nitro benzene ring substituents is 1. The van der Waals surface area contributed by atoms with Gasteiger partial charge < -0.3 is 5.32 Å². The summed E-state index contributed by atoms with van der Waals surface area (Å²) in [4.78, 5) is 14.4. The second kappa shape index (κ2) is 4.49. The smallest absolute Gasteiger partial charge is 0.277 e. The van der Waals surface area contributed by atoms with Crippen LogP contribution < -0.4 is 5.32 Å². The van der Waals surface area contributed by atoms with E-state index in [4.69, 9.17) is 6.42 Å². The standard InChI is InChI=1S/C12H9N3O2/c1-2-6-14-11-3-4-12(15(16)17)9-5-7-13-8-10(9)11/h1,3-5,7-8,14H,6H2. The van der Waals surface area contributed by atoms with Crippen molar-refractivity contribution in [1.82, 2.24) is 4.98 Å². The van der Waals surface area contributed by atoms with E-state index in [0.29, 0.717) is 17.3 Å². The summed E-state index contributed by atoms with van der Waals surface area (Å²) in [5.74, 6) is 2.45. The number of nitro groups is 1. The van der Waals surface area contributed by atoms with Crippen LogP contribution in [0, 0.1) is 22.5 Å². The predicted molar refractivity (Wildman–Crippen MR) is 65.7 cm³/mol. The fourth-order valence-corrected chi connectivity index (χ4v) is 1.63. The molecule has 0 spiro atoms. The Hall–Kier alpha value is -2.61. The lowest BCUT2D eigenvalue weighted by Gasteiger charge is -2.07. The monoisotopic (exact) mass is 227 g/mol. The molecule has 0 aliphatic heterocycles. The maximum absolute atomic E-state index is 10.9. The first-order valence-electron chi connectivity index (χ1n) is 4.92. The number of benzene rings is 1. The third kappa shape index (κ3) is 2.01. The van der Waals surface area contributed by atoms with Gasteiger partial charge >= 0.3 is 0 Å². The van der Waals surface area contributed by atoms with Gasteiger partial charge in [-0.3, -0.25) is 15.1 Å². The van der Waals surface area contributed by atoms with E-state index in [1.54, 1.807) is 18.3 Å². The van der Waals surface area contributed by atoms with Crippen molar-refractivity contribution in [1.29, 1.82) is 0 Å². The molecule has 1 aromatic heterocycles. The van der Waals surface area contributed by atoms with E-state index in [0.717, 1.165) is 5.69 Å². The molecular weight excluding hydrogens is 218 g/mol. The van der Waals surface area contributed by atoms with Crippen molar-refractivity contribution < 1.29 is 4.92 Å². The van der Waals surface area contributed by atoms with E-state index in [2.05, 4.69) is 16.2 Å². The van der Waals surface area contributed by atoms with E-state index in [-0.39, 0.29) is 5.69 Å². The Morgan fingerprint density at radius 3 is 2.94 bits per heavy atom. The molecular formula is C12H9N3O2. The molecule has 5 nitrogen and oxygen atoms in total. The molecule has 0 radical (unpaired) electrons. The highest BCUT2D eigenvalue weighted by Gasteiger charge is 2.13. The largest absolute Gasteiger partial charge is 0.374 e. The molecule has 2 aromatic rings. The molecule has 84 valence electrons. The fourth-order valence-electron chi connectivity index (χ4n) is 1.63. The average molecular weight is 227 g/mol. The van der Waals surface area contributed by atoms with Gasteiger partial charge in [-0.15, -0.1) is 6.42 Å². The van der Waals surface area contributed by atoms with E-state index in [1.807, 2.05) is 0 Å². The van der Waals surface area contributed by atoms with E-state index >= 15 is 0 Å². The van der Waals surface area contributed by atoms with Gasteiger partial charge in [0.2, 0.25) is 0 Å². The first kappa shape index (κ1) is 10.9. The van der Waals surface area contributed by atoms with Gasteiger partial charge in [0.05, 0.1) is 16.9 Å². The summed E-state index contributed by atoms with van der Waals surface area (Å²) in [6, 6.07) is 4.72. The van der Waals surface area contributed by atoms with Crippen LogP contribution in [-0.2, 0) is 0 Å². The van der Waals surface area contributed by atoms with E-state index in [9.17, 15) is 10.1 Å². The number of nitro benzene ring substituents is 1. The summed E-state index contributed by atoms with van der Waals surface area (Å²) in [6.45, 7) is 0.363. The normalized spacial score (nSPS) is 9.82. The minimum atomic E-state index is -0.409. The van der Waals surface area contributed by atoms with Crippen molar-refractivity contribution in [3.8, 4) is 12.3 Å². The predicted octanol–water partition coefficient (Wildman–Crippen LogP) is 2.19. The van der Waals surface area contributed by atoms with Crippen molar-refractivity contribution in [2.24, 2.45) is 0 Å². The SMILES string of the molecule is C#CCNc1ccc([N+](=O)[O-])c2ccncc12. The van der Waals surface area contributed by atoms with Gasteiger partial charge in [-0.2, -0.15) is 0 Å². The van der Waals surface area contributed by atoms with Gasteiger partial charge in [-0.1, -0.05) is 5.92 Å². The topological polar surface area (TPSA) is 68.1 Å². The van der Waals surface area contributed by atoms with Gasteiger partial charge in [-0.25, -0.2) is 0 Å². The van der Waals surface area contributed by atoms with Gasteiger partial charge in [0.25, 0.3) is 5.69 Å². The van der Waals surface area contributed by atoms with Crippen LogP contribution in [0.4, 0.5) is 11.4 Å². The number of anilines is 1. The van der Waals surface area contributed by atoms with Crippen LogP contribution in [0.5, 0.6) is 0 Å². The maximum Gasteiger partial charge on any atom is 0.277 e. The summed E-state index contributed by atoms with van der Waals surface area (Å²) < 4.78 is 0. The lowest BCUT2D eigenvalue weighted by Crippen LogP contribution is -2.00. The quantitative estimate of drug-likeness (QED) is 0.495. The summed E-state index contributed by atoms with van der Waals surface area (Å²) in [5.41, 5.74) is 0.810. The van der Waals surface area contributed by atoms with Crippen molar-refractivity contribution in [2.75, 3.05) is 11.9 Å². The van der Waals surface area contributed by atoms with Gasteiger partial charge in [0.1, 0.15) is 0 Å². The minimum absolute atomic E-state index is 0.0636. The number of fused-ring (bicyclic) bond motifs is 1. The zero-order valence-corrected chi connectivity index (χ0v) is 8.88. The fraction of sp³-hybridized carbons (Fsp3) is 0.0833. The molecule has 5 heteroatoms. The number of nitrogens with one attached hydrogen (secondary N) is 1. The number of hydrogen-bond donors (Lipinski definition) is 1. The molecule has 0 atom stereocenters. The number of pyridine rings is 1. The van der Waals surface area contributed by atoms with Crippen LogP contribution in [0.15, 0.2) is 30.6 Å². The maximum atomic E-state index is 10.9. The highest BCUT2D eigenvalue weighted by atomic mass is 16.6. The lowest BCUT2D eigenvalue weighted by atomic mass is 10.1. The first-order chi connectivity index (χ1) is 8.24. The van der Waals surface area contributed by atoms with Crippen LogP contribution in [-0.4, -0.2) is 16.5 Å². The highest BCUT2D eigenvalue weighted by Crippen LogP contribution is 2.30. The zero-order chi connectivity index (χ0) is 12.3. The van der Waals surface area contributed by atoms with E-state index in [1.165, 1.54) is 12.3 Å². The Kier molecular flexibility index (Phi) is 2.88. The van der Waals surface area contributed by atoms with Gasteiger partial charge in [0, 0.05) is 29.5 Å². The molecule has 0 saturated heterocycles. The van der Waals surface area contributed by atoms with Gasteiger partial charge in [0.15, 0.2) is 0 Å². The third-order valence-electron chi connectivity index (χ3n) is 2.37. The zero-order valence-electron chi connectivity index (χ0n) is 8.88. The Balaban J connectivity index is 2.63. The van der Waals surface area contributed by atoms with Crippen LogP contribution >= 0.6 is 0 Å². The second-order valence-corrected chi connectivity index (χ2v) is 3.37. The first-order valence-corrected chi connectivity index (χ1v) is 4.92. The molecule has 0 amide bonds. The van der Waals surface area contributed by atoms with E-state index < -0.39 is 4.92 Å². The van der Waals surface area contributed by atoms with Gasteiger partial charge in [-0.05, 0) is 12.1 Å². The van der Waals surface area contributed by atoms with Crippen molar-refractivity contribution in [3.63, 3.8) is 0 Å². The van der Waals surface area contributed by atoms with Crippen LogP contribution in [0.2, 0.25) is 0 Å². The molecule has 0 fully saturated rings. The van der Waals surface area contributed by atoms with Crippen molar-refractivity contribution >= 4 is 22.1 Å². The Labute approximate surface area is 97.6 Å². The summed E-state index contributed by atoms with van der Waals surface area (Å²) >= 11 is 0. The molecule has 17 heavy (non-hydrogen) atoms. The molecule has 2 rings (SSSR count). The number of nitrogens with zero attached hydrogens (tertiary/aromatic N) is 2. The molecule has 1 aromatic carbocycles. The van der Waals surface area contributed by atoms with Crippen LogP contribution in [0.1, 0.15) is 0 Å². The number of hydrogen-bond acceptors (Lipinski definition) is 4. The molecule has 1 N–H and O–H groups in total. The minimum Gasteiger partial charge on any atom is -0.374 e. The molecule has 0 unspecified atom stereocenters. The van der Waals surface area contributed by atoms with Crippen molar-refractivity contribution in [2.45, 2.75) is 0 Å². The average Bonchev–Trinajstić information content (AvgIpc) is 2.35. The van der Waals surface area contributed by atoms with Crippen LogP contribution in [0.3, 0.4) is 0 Å². The molecule has 0 aliphatic rings. The lowest BCUT2D eigenvalue weighted by molar-refractivity contribution is -0.383. The third-order valence-corrected chi connectivity index (χ3v) is 2.37. The number of terminal acetylenes is 1. The van der Waals surface area contributed by atoms with Crippen LogP contribution in [0.25, 0.3) is 10.8 Å². The Morgan fingerprint density at radius 1 is 1.41 bits per heavy atom. The number of aromatic nitrogens is 1. The molecule has 0 bridgehead atoms.